The first kappa shape index (κ1) is 14.7. The quantitative estimate of drug-likeness (QED) is 0.671. The zero-order valence-electron chi connectivity index (χ0n) is 10.9. The smallest absolute Gasteiger partial charge is 0.387 e. The van der Waals surface area contributed by atoms with Crippen LogP contribution in [-0.4, -0.2) is 17.5 Å². The van der Waals surface area contributed by atoms with Crippen LogP contribution in [0.25, 0.3) is 6.08 Å². The van der Waals surface area contributed by atoms with Crippen molar-refractivity contribution in [3.05, 3.63) is 65.7 Å². The number of carbonyl (C=O) groups excluding carboxylic acids is 1. The lowest BCUT2D eigenvalue weighted by atomic mass is 10.1. The molecular formula is C16H12F2O3. The lowest BCUT2D eigenvalue weighted by Crippen LogP contribution is -2.03. The molecule has 0 unspecified atom stereocenters. The molecule has 0 bridgehead atoms. The average molecular weight is 290 g/mol. The van der Waals surface area contributed by atoms with E-state index in [1.54, 1.807) is 18.2 Å². The first-order chi connectivity index (χ1) is 10.1. The molecule has 0 radical (unpaired) electrons. The molecule has 2 rings (SSSR count). The number of rotatable bonds is 5. The number of aromatic hydroxyl groups is 1. The van der Waals surface area contributed by atoms with Gasteiger partial charge in [0.15, 0.2) is 5.78 Å². The zero-order valence-corrected chi connectivity index (χ0v) is 10.9. The Balaban J connectivity index is 2.17. The lowest BCUT2D eigenvalue weighted by molar-refractivity contribution is -0.0499. The number of hydrogen-bond donors (Lipinski definition) is 1. The SMILES string of the molecule is O=C(/C=C/c1ccccc1OC(F)F)c1ccc(O)cc1. The van der Waals surface area contributed by atoms with Gasteiger partial charge in [0.1, 0.15) is 11.5 Å². The number of carbonyl (C=O) groups is 1. The van der Waals surface area contributed by atoms with Crippen LogP contribution >= 0.6 is 0 Å². The van der Waals surface area contributed by atoms with E-state index in [2.05, 4.69) is 4.74 Å². The van der Waals surface area contributed by atoms with Gasteiger partial charge in [-0.25, -0.2) is 0 Å². The molecule has 2 aromatic rings. The van der Waals surface area contributed by atoms with E-state index >= 15 is 0 Å². The zero-order chi connectivity index (χ0) is 15.2. The number of ketones is 1. The molecule has 0 aliphatic carbocycles. The van der Waals surface area contributed by atoms with E-state index in [1.807, 2.05) is 0 Å². The van der Waals surface area contributed by atoms with Gasteiger partial charge in [0, 0.05) is 11.1 Å². The molecule has 0 aliphatic rings. The highest BCUT2D eigenvalue weighted by Gasteiger charge is 2.08. The van der Waals surface area contributed by atoms with Crippen LogP contribution < -0.4 is 4.74 Å². The minimum atomic E-state index is -2.92. The third-order valence-electron chi connectivity index (χ3n) is 2.70. The fraction of sp³-hybridized carbons (Fsp3) is 0.0625. The number of alkyl halides is 2. The molecule has 3 nitrogen and oxygen atoms in total. The lowest BCUT2D eigenvalue weighted by Gasteiger charge is -2.07. The van der Waals surface area contributed by atoms with E-state index in [4.69, 9.17) is 5.11 Å². The number of phenolic OH excluding ortho intramolecular Hbond substituents is 1. The second-order valence-electron chi connectivity index (χ2n) is 4.16. The molecule has 0 atom stereocenters. The number of phenols is 1. The fourth-order valence-corrected chi connectivity index (χ4v) is 1.71. The summed E-state index contributed by atoms with van der Waals surface area (Å²) < 4.78 is 28.9. The summed E-state index contributed by atoms with van der Waals surface area (Å²) >= 11 is 0. The van der Waals surface area contributed by atoms with Crippen LogP contribution in [-0.2, 0) is 0 Å². The van der Waals surface area contributed by atoms with Crippen LogP contribution in [0.1, 0.15) is 15.9 Å². The van der Waals surface area contributed by atoms with Crippen molar-refractivity contribution in [3.63, 3.8) is 0 Å². The summed E-state index contributed by atoms with van der Waals surface area (Å²) in [4.78, 5) is 11.9. The van der Waals surface area contributed by atoms with Crippen LogP contribution in [0.4, 0.5) is 8.78 Å². The van der Waals surface area contributed by atoms with Gasteiger partial charge in [0.25, 0.3) is 0 Å². The normalized spacial score (nSPS) is 11.0. The third kappa shape index (κ3) is 4.14. The summed E-state index contributed by atoms with van der Waals surface area (Å²) in [6, 6.07) is 11.9. The number of para-hydroxylation sites is 1. The van der Waals surface area contributed by atoms with Gasteiger partial charge in [-0.05, 0) is 42.5 Å². The highest BCUT2D eigenvalue weighted by Crippen LogP contribution is 2.22. The topological polar surface area (TPSA) is 46.5 Å². The van der Waals surface area contributed by atoms with Gasteiger partial charge in [0.2, 0.25) is 0 Å². The number of halogens is 2. The van der Waals surface area contributed by atoms with Crippen molar-refractivity contribution in [1.29, 1.82) is 0 Å². The Morgan fingerprint density at radius 1 is 1.10 bits per heavy atom. The number of allylic oxidation sites excluding steroid dienone is 1. The Hall–Kier alpha value is -2.69. The molecular weight excluding hydrogens is 278 g/mol. The van der Waals surface area contributed by atoms with Crippen molar-refractivity contribution >= 4 is 11.9 Å². The summed E-state index contributed by atoms with van der Waals surface area (Å²) in [5, 5.41) is 9.15. The van der Waals surface area contributed by atoms with Gasteiger partial charge in [-0.1, -0.05) is 18.2 Å². The summed E-state index contributed by atoms with van der Waals surface area (Å²) in [5.74, 6) is -0.240. The van der Waals surface area contributed by atoms with Gasteiger partial charge in [-0.2, -0.15) is 8.78 Å². The van der Waals surface area contributed by atoms with Crippen molar-refractivity contribution in [3.8, 4) is 11.5 Å². The molecule has 0 heterocycles. The molecule has 1 N–H and O–H groups in total. The van der Waals surface area contributed by atoms with Crippen molar-refractivity contribution in [2.24, 2.45) is 0 Å². The van der Waals surface area contributed by atoms with E-state index in [0.29, 0.717) is 11.1 Å². The fourth-order valence-electron chi connectivity index (χ4n) is 1.71. The van der Waals surface area contributed by atoms with Crippen LogP contribution in [0.3, 0.4) is 0 Å². The van der Waals surface area contributed by atoms with Crippen molar-refractivity contribution < 1.29 is 23.4 Å². The molecule has 0 spiro atoms. The molecule has 0 aromatic heterocycles. The molecule has 5 heteroatoms. The molecule has 0 saturated heterocycles. The number of ether oxygens (including phenoxy) is 1. The van der Waals surface area contributed by atoms with Crippen molar-refractivity contribution in [2.45, 2.75) is 6.61 Å². The Labute approximate surface area is 120 Å². The molecule has 0 aliphatic heterocycles. The predicted octanol–water partition coefficient (Wildman–Crippen LogP) is 3.89. The van der Waals surface area contributed by atoms with Gasteiger partial charge in [0.05, 0.1) is 0 Å². The Morgan fingerprint density at radius 2 is 1.76 bits per heavy atom. The van der Waals surface area contributed by atoms with Gasteiger partial charge in [-0.15, -0.1) is 0 Å². The number of benzene rings is 2. The van der Waals surface area contributed by atoms with Crippen LogP contribution in [0, 0.1) is 0 Å². The largest absolute Gasteiger partial charge is 0.508 e. The van der Waals surface area contributed by atoms with Gasteiger partial charge in [-0.3, -0.25) is 4.79 Å². The van der Waals surface area contributed by atoms with Crippen LogP contribution in [0.5, 0.6) is 11.5 Å². The van der Waals surface area contributed by atoms with E-state index in [0.717, 1.165) is 0 Å². The molecule has 0 fully saturated rings. The summed E-state index contributed by atoms with van der Waals surface area (Å²) in [5.41, 5.74) is 0.765. The summed E-state index contributed by atoms with van der Waals surface area (Å²) in [6.45, 7) is -2.92. The van der Waals surface area contributed by atoms with Crippen molar-refractivity contribution in [1.82, 2.24) is 0 Å². The van der Waals surface area contributed by atoms with Gasteiger partial charge >= 0.3 is 6.61 Å². The number of hydrogen-bond acceptors (Lipinski definition) is 3. The molecule has 21 heavy (non-hydrogen) atoms. The molecule has 0 saturated carbocycles. The Kier molecular flexibility index (Phi) is 4.66. The second-order valence-corrected chi connectivity index (χ2v) is 4.16. The standard InChI is InChI=1S/C16H12F2O3/c17-16(18)21-15-4-2-1-3-12(15)7-10-14(20)11-5-8-13(19)9-6-11/h1-10,16,19H/b10-7+. The molecule has 2 aromatic carbocycles. The molecule has 108 valence electrons. The van der Waals surface area contributed by atoms with Crippen LogP contribution in [0.15, 0.2) is 54.6 Å². The highest BCUT2D eigenvalue weighted by molar-refractivity contribution is 6.07. The first-order valence-electron chi connectivity index (χ1n) is 6.11. The Morgan fingerprint density at radius 3 is 2.43 bits per heavy atom. The maximum Gasteiger partial charge on any atom is 0.387 e. The predicted molar refractivity (Wildman–Crippen MR) is 74.5 cm³/mol. The van der Waals surface area contributed by atoms with Gasteiger partial charge < -0.3 is 9.84 Å². The monoisotopic (exact) mass is 290 g/mol. The summed E-state index contributed by atoms with van der Waals surface area (Å²) in [7, 11) is 0. The first-order valence-corrected chi connectivity index (χ1v) is 6.11. The van der Waals surface area contributed by atoms with E-state index < -0.39 is 6.61 Å². The van der Waals surface area contributed by atoms with Crippen LogP contribution in [0.2, 0.25) is 0 Å². The summed E-state index contributed by atoms with van der Waals surface area (Å²) in [6.07, 6.45) is 2.67. The molecule has 0 amide bonds. The highest BCUT2D eigenvalue weighted by atomic mass is 19.3. The van der Waals surface area contributed by atoms with E-state index in [1.165, 1.54) is 42.5 Å². The van der Waals surface area contributed by atoms with E-state index in [-0.39, 0.29) is 17.3 Å². The average Bonchev–Trinajstić information content (AvgIpc) is 2.46. The maximum atomic E-state index is 12.3. The third-order valence-corrected chi connectivity index (χ3v) is 2.70. The van der Waals surface area contributed by atoms with E-state index in [9.17, 15) is 13.6 Å². The minimum absolute atomic E-state index is 0.00209. The Bertz CT molecular complexity index is 649. The van der Waals surface area contributed by atoms with Crippen molar-refractivity contribution in [2.75, 3.05) is 0 Å². The maximum absolute atomic E-state index is 12.3. The minimum Gasteiger partial charge on any atom is -0.508 e. The second kappa shape index (κ2) is 6.65.